The van der Waals surface area contributed by atoms with Crippen molar-refractivity contribution in [3.05, 3.63) is 35.6 Å². The number of carbonyl (C=O) groups excluding carboxylic acids is 2. The summed E-state index contributed by atoms with van der Waals surface area (Å²) in [5.74, 6) is 1.07. The van der Waals surface area contributed by atoms with Gasteiger partial charge in [0.2, 0.25) is 11.8 Å². The van der Waals surface area contributed by atoms with Gasteiger partial charge in [-0.2, -0.15) is 0 Å². The number of hydrogen-bond acceptors (Lipinski definition) is 4. The lowest BCUT2D eigenvalue weighted by molar-refractivity contribution is -0.174. The first-order valence-electron chi connectivity index (χ1n) is 12.5. The highest BCUT2D eigenvalue weighted by molar-refractivity contribution is 5.84. The molecule has 0 aromatic heterocycles. The molecule has 2 saturated heterocycles. The number of likely N-dealkylation sites (tertiary alicyclic amines) is 1. The van der Waals surface area contributed by atoms with Crippen molar-refractivity contribution in [1.82, 2.24) is 9.80 Å². The van der Waals surface area contributed by atoms with Crippen molar-refractivity contribution in [2.75, 3.05) is 39.4 Å². The van der Waals surface area contributed by atoms with E-state index in [0.29, 0.717) is 51.7 Å². The zero-order valence-corrected chi connectivity index (χ0v) is 19.0. The minimum absolute atomic E-state index is 0.0747. The molecule has 4 aliphatic carbocycles. The smallest absolute Gasteiger partial charge is 0.228 e. The van der Waals surface area contributed by atoms with E-state index in [-0.39, 0.29) is 40.3 Å². The van der Waals surface area contributed by atoms with E-state index >= 15 is 0 Å². The summed E-state index contributed by atoms with van der Waals surface area (Å²) in [6.07, 6.45) is 4.59. The standard InChI is InChI=1S/C26H33FN2O4/c27-21-3-1-18(2-4-21)26(14-23(31)29-15-22(30)16-29)19-9-17-10-20(26)13-25(11-17,12-19)24(32)28-5-7-33-8-6-28/h1-4,17,19-20,22,30H,5-16H2. The fourth-order valence-electron chi connectivity index (χ4n) is 8.11. The maximum absolute atomic E-state index is 13.8. The van der Waals surface area contributed by atoms with Crippen molar-refractivity contribution in [2.45, 2.75) is 50.0 Å². The second-order valence-corrected chi connectivity index (χ2v) is 11.2. The van der Waals surface area contributed by atoms with E-state index in [2.05, 4.69) is 0 Å². The molecule has 1 aromatic rings. The number of carbonyl (C=O) groups is 2. The van der Waals surface area contributed by atoms with Crippen molar-refractivity contribution in [1.29, 1.82) is 0 Å². The average Bonchev–Trinajstić information content (AvgIpc) is 2.79. The number of benzene rings is 1. The maximum atomic E-state index is 13.8. The first kappa shape index (κ1) is 21.5. The second kappa shape index (κ2) is 7.77. The van der Waals surface area contributed by atoms with Crippen LogP contribution < -0.4 is 0 Å². The first-order chi connectivity index (χ1) is 15.9. The van der Waals surface area contributed by atoms with Crippen LogP contribution in [-0.4, -0.2) is 72.2 Å². The number of aliphatic hydroxyl groups is 1. The van der Waals surface area contributed by atoms with Crippen molar-refractivity contribution in [3.8, 4) is 0 Å². The largest absolute Gasteiger partial charge is 0.389 e. The Kier molecular flexibility index (Phi) is 5.07. The molecular formula is C26H33FN2O4. The quantitative estimate of drug-likeness (QED) is 0.755. The van der Waals surface area contributed by atoms with E-state index in [0.717, 1.165) is 37.7 Å². The molecule has 2 atom stereocenters. The maximum Gasteiger partial charge on any atom is 0.228 e. The zero-order valence-electron chi connectivity index (χ0n) is 19.0. The molecular weight excluding hydrogens is 423 g/mol. The average molecular weight is 457 g/mol. The molecule has 6 fully saturated rings. The normalized spacial score (nSPS) is 37.8. The Labute approximate surface area is 194 Å². The lowest BCUT2D eigenvalue weighted by atomic mass is 9.39. The van der Waals surface area contributed by atoms with Gasteiger partial charge in [-0.15, -0.1) is 0 Å². The molecule has 2 unspecified atom stereocenters. The Morgan fingerprint density at radius 1 is 1.00 bits per heavy atom. The third-order valence-electron chi connectivity index (χ3n) is 9.44. The van der Waals surface area contributed by atoms with Gasteiger partial charge in [0.15, 0.2) is 0 Å². The fraction of sp³-hybridized carbons (Fsp3) is 0.692. The molecule has 0 spiro atoms. The summed E-state index contributed by atoms with van der Waals surface area (Å²) in [5.41, 5.74) is 0.353. The predicted octanol–water partition coefficient (Wildman–Crippen LogP) is 2.34. The van der Waals surface area contributed by atoms with Crippen LogP contribution >= 0.6 is 0 Å². The zero-order chi connectivity index (χ0) is 22.8. The fourth-order valence-corrected chi connectivity index (χ4v) is 8.11. The Hall–Kier alpha value is -1.99. The molecule has 2 amide bonds. The molecule has 0 radical (unpaired) electrons. The van der Waals surface area contributed by atoms with E-state index < -0.39 is 6.10 Å². The van der Waals surface area contributed by atoms with Gasteiger partial charge in [-0.1, -0.05) is 12.1 Å². The van der Waals surface area contributed by atoms with E-state index in [1.807, 2.05) is 17.0 Å². The van der Waals surface area contributed by atoms with Crippen molar-refractivity contribution >= 4 is 11.8 Å². The van der Waals surface area contributed by atoms with Crippen LogP contribution in [0.25, 0.3) is 0 Å². The van der Waals surface area contributed by atoms with Crippen LogP contribution in [0.4, 0.5) is 4.39 Å². The molecule has 1 N–H and O–H groups in total. The Morgan fingerprint density at radius 3 is 2.24 bits per heavy atom. The Morgan fingerprint density at radius 2 is 1.64 bits per heavy atom. The van der Waals surface area contributed by atoms with Crippen molar-refractivity contribution < 1.29 is 23.8 Å². The van der Waals surface area contributed by atoms with E-state index in [1.54, 1.807) is 4.90 Å². The summed E-state index contributed by atoms with van der Waals surface area (Å²) >= 11 is 0. The topological polar surface area (TPSA) is 70.1 Å². The van der Waals surface area contributed by atoms with Gasteiger partial charge in [0.25, 0.3) is 0 Å². The Balaban J connectivity index is 1.35. The summed E-state index contributed by atoms with van der Waals surface area (Å²) in [6, 6.07) is 6.75. The van der Waals surface area contributed by atoms with Crippen LogP contribution in [0, 0.1) is 29.0 Å². The highest BCUT2D eigenvalue weighted by Crippen LogP contribution is 2.68. The summed E-state index contributed by atoms with van der Waals surface area (Å²) in [7, 11) is 0. The lowest BCUT2D eigenvalue weighted by Crippen LogP contribution is -2.65. The number of β-amino-alcohol motifs (C(OH)–C–C–N with tert-alkyl or cyclic N) is 1. The number of rotatable bonds is 4. The van der Waals surface area contributed by atoms with Crippen LogP contribution in [0.5, 0.6) is 0 Å². The molecule has 7 rings (SSSR count). The van der Waals surface area contributed by atoms with Gasteiger partial charge in [0.1, 0.15) is 5.82 Å². The van der Waals surface area contributed by atoms with Crippen LogP contribution in [-0.2, 0) is 19.7 Å². The molecule has 4 saturated carbocycles. The highest BCUT2D eigenvalue weighted by Gasteiger charge is 2.65. The minimum Gasteiger partial charge on any atom is -0.389 e. The summed E-state index contributed by atoms with van der Waals surface area (Å²) < 4.78 is 19.3. The third kappa shape index (κ3) is 3.34. The number of ether oxygens (including phenoxy) is 1. The van der Waals surface area contributed by atoms with Gasteiger partial charge in [-0.25, -0.2) is 4.39 Å². The lowest BCUT2D eigenvalue weighted by Gasteiger charge is -2.65. The van der Waals surface area contributed by atoms with Crippen LogP contribution in [0.15, 0.2) is 24.3 Å². The van der Waals surface area contributed by atoms with Crippen LogP contribution in [0.1, 0.15) is 44.1 Å². The second-order valence-electron chi connectivity index (χ2n) is 11.2. The number of nitrogens with zero attached hydrogens (tertiary/aromatic N) is 2. The molecule has 7 heteroatoms. The Bertz CT molecular complexity index is 922. The molecule has 6 nitrogen and oxygen atoms in total. The SMILES string of the molecule is O=C(CC1(c2ccc(F)cc2)C2CC3CC1CC(C(=O)N1CCOCC1)(C3)C2)N1CC(O)C1. The molecule has 4 bridgehead atoms. The monoisotopic (exact) mass is 456 g/mol. The van der Waals surface area contributed by atoms with Crippen LogP contribution in [0.3, 0.4) is 0 Å². The van der Waals surface area contributed by atoms with E-state index in [4.69, 9.17) is 4.74 Å². The van der Waals surface area contributed by atoms with Crippen molar-refractivity contribution in [3.63, 3.8) is 0 Å². The van der Waals surface area contributed by atoms with E-state index in [9.17, 15) is 19.1 Å². The molecule has 2 heterocycles. The molecule has 6 aliphatic rings. The number of amides is 2. The van der Waals surface area contributed by atoms with Crippen molar-refractivity contribution in [2.24, 2.45) is 23.2 Å². The summed E-state index contributed by atoms with van der Waals surface area (Å²) in [4.78, 5) is 30.9. The summed E-state index contributed by atoms with van der Waals surface area (Å²) in [5, 5.41) is 9.72. The van der Waals surface area contributed by atoms with Gasteiger partial charge in [-0.05, 0) is 67.6 Å². The van der Waals surface area contributed by atoms with Gasteiger partial charge in [-0.3, -0.25) is 9.59 Å². The number of morpholine rings is 1. The molecule has 33 heavy (non-hydrogen) atoms. The van der Waals surface area contributed by atoms with E-state index in [1.165, 1.54) is 12.1 Å². The van der Waals surface area contributed by atoms with Crippen LogP contribution in [0.2, 0.25) is 0 Å². The third-order valence-corrected chi connectivity index (χ3v) is 9.44. The highest BCUT2D eigenvalue weighted by atomic mass is 19.1. The van der Waals surface area contributed by atoms with Gasteiger partial charge < -0.3 is 19.6 Å². The van der Waals surface area contributed by atoms with Gasteiger partial charge in [0.05, 0.1) is 24.7 Å². The number of hydrogen-bond donors (Lipinski definition) is 1. The molecule has 2 aliphatic heterocycles. The first-order valence-corrected chi connectivity index (χ1v) is 12.5. The number of halogens is 1. The molecule has 1 aromatic carbocycles. The number of aliphatic hydroxyl groups excluding tert-OH is 1. The minimum atomic E-state index is -0.427. The predicted molar refractivity (Wildman–Crippen MR) is 119 cm³/mol. The summed E-state index contributed by atoms with van der Waals surface area (Å²) in [6.45, 7) is 3.34. The molecule has 178 valence electrons. The van der Waals surface area contributed by atoms with Gasteiger partial charge in [0, 0.05) is 38.0 Å². The van der Waals surface area contributed by atoms with Gasteiger partial charge >= 0.3 is 0 Å².